The monoisotopic (exact) mass is 385 g/mol. The molecular formula is C17H19N7O4. The fraction of sp³-hybridized carbons (Fsp3) is 0.353. The summed E-state index contributed by atoms with van der Waals surface area (Å²) >= 11 is 0. The summed E-state index contributed by atoms with van der Waals surface area (Å²) in [4.78, 5) is 40.7. The van der Waals surface area contributed by atoms with Crippen molar-refractivity contribution in [2.75, 3.05) is 25.5 Å². The van der Waals surface area contributed by atoms with Crippen molar-refractivity contribution >= 4 is 28.9 Å². The van der Waals surface area contributed by atoms with Gasteiger partial charge in [0.05, 0.1) is 19.3 Å². The first kappa shape index (κ1) is 17.8. The molecule has 3 N–H and O–H groups in total. The number of carboxylic acid groups (broad SMARTS) is 1. The van der Waals surface area contributed by atoms with Crippen LogP contribution in [0.5, 0.6) is 5.88 Å². The molecule has 11 nitrogen and oxygen atoms in total. The number of hydrogen-bond acceptors (Lipinski definition) is 7. The third-order valence-electron chi connectivity index (χ3n) is 4.70. The number of H-pyrrole nitrogens is 1. The second kappa shape index (κ2) is 7.18. The highest BCUT2D eigenvalue weighted by atomic mass is 16.5. The maximum Gasteiger partial charge on any atom is 0.407 e. The van der Waals surface area contributed by atoms with Crippen molar-refractivity contribution in [3.05, 3.63) is 35.0 Å². The normalized spacial score (nSPS) is 16.9. The molecule has 146 valence electrons. The van der Waals surface area contributed by atoms with Gasteiger partial charge >= 0.3 is 11.8 Å². The van der Waals surface area contributed by atoms with Crippen molar-refractivity contribution in [2.45, 2.75) is 18.9 Å². The zero-order valence-corrected chi connectivity index (χ0v) is 15.1. The van der Waals surface area contributed by atoms with E-state index in [1.54, 1.807) is 18.3 Å². The van der Waals surface area contributed by atoms with Crippen LogP contribution in [0, 0.1) is 0 Å². The summed E-state index contributed by atoms with van der Waals surface area (Å²) in [5.41, 5.74) is 1.16. The Labute approximate surface area is 159 Å². The van der Waals surface area contributed by atoms with Crippen molar-refractivity contribution in [3.8, 4) is 5.88 Å². The fourth-order valence-corrected chi connectivity index (χ4v) is 3.42. The Morgan fingerprint density at radius 3 is 3.07 bits per heavy atom. The highest BCUT2D eigenvalue weighted by molar-refractivity contribution is 5.72. The summed E-state index contributed by atoms with van der Waals surface area (Å²) in [6.07, 6.45) is 3.51. The van der Waals surface area contributed by atoms with Crippen molar-refractivity contribution in [2.24, 2.45) is 0 Å². The van der Waals surface area contributed by atoms with Gasteiger partial charge in [0, 0.05) is 19.3 Å². The lowest BCUT2D eigenvalue weighted by Crippen LogP contribution is -2.41. The number of carbonyl (C=O) groups is 1. The number of nitrogens with one attached hydrogen (secondary N) is 2. The Morgan fingerprint density at radius 2 is 2.29 bits per heavy atom. The SMILES string of the molecule is COc1ncccc1Nc1ncc2[nH]c(=O)n(C3CCCN(C(=O)O)C3)c2n1. The zero-order chi connectivity index (χ0) is 19.7. The van der Waals surface area contributed by atoms with Gasteiger partial charge in [0.15, 0.2) is 5.65 Å². The number of pyridine rings is 1. The Morgan fingerprint density at radius 1 is 1.43 bits per heavy atom. The molecule has 1 aliphatic rings. The number of aromatic nitrogens is 5. The lowest BCUT2D eigenvalue weighted by Gasteiger charge is -2.31. The van der Waals surface area contributed by atoms with Gasteiger partial charge in [-0.3, -0.25) is 4.57 Å². The molecule has 1 fully saturated rings. The summed E-state index contributed by atoms with van der Waals surface area (Å²) in [6, 6.07) is 3.23. The predicted molar refractivity (Wildman–Crippen MR) is 100 cm³/mol. The average molecular weight is 385 g/mol. The van der Waals surface area contributed by atoms with E-state index in [2.05, 4.69) is 25.3 Å². The largest absolute Gasteiger partial charge is 0.480 e. The molecule has 0 aliphatic carbocycles. The highest BCUT2D eigenvalue weighted by Gasteiger charge is 2.27. The van der Waals surface area contributed by atoms with Crippen LogP contribution in [0.4, 0.5) is 16.4 Å². The summed E-state index contributed by atoms with van der Waals surface area (Å²) < 4.78 is 6.72. The van der Waals surface area contributed by atoms with Gasteiger partial charge in [-0.1, -0.05) is 0 Å². The van der Waals surface area contributed by atoms with Crippen molar-refractivity contribution < 1.29 is 14.6 Å². The Balaban J connectivity index is 1.70. The van der Waals surface area contributed by atoms with Crippen LogP contribution in [0.2, 0.25) is 0 Å². The van der Waals surface area contributed by atoms with Crippen LogP contribution in [0.25, 0.3) is 11.2 Å². The number of methoxy groups -OCH3 is 1. The summed E-state index contributed by atoms with van der Waals surface area (Å²) in [5, 5.41) is 12.3. The highest BCUT2D eigenvalue weighted by Crippen LogP contribution is 2.26. The molecule has 0 spiro atoms. The number of piperidine rings is 1. The Hall–Kier alpha value is -3.63. The van der Waals surface area contributed by atoms with E-state index in [-0.39, 0.29) is 24.2 Å². The van der Waals surface area contributed by atoms with Crippen LogP contribution in [-0.2, 0) is 0 Å². The van der Waals surface area contributed by atoms with E-state index in [1.165, 1.54) is 22.8 Å². The smallest absolute Gasteiger partial charge is 0.407 e. The van der Waals surface area contributed by atoms with Crippen molar-refractivity contribution in [1.29, 1.82) is 0 Å². The van der Waals surface area contributed by atoms with Gasteiger partial charge in [-0.2, -0.15) is 4.98 Å². The minimum atomic E-state index is -0.988. The molecule has 1 saturated heterocycles. The summed E-state index contributed by atoms with van der Waals surface area (Å²) in [5.74, 6) is 0.666. The zero-order valence-electron chi connectivity index (χ0n) is 15.1. The fourth-order valence-electron chi connectivity index (χ4n) is 3.42. The van der Waals surface area contributed by atoms with Gasteiger partial charge < -0.3 is 25.0 Å². The Kier molecular flexibility index (Phi) is 4.55. The van der Waals surface area contributed by atoms with Crippen LogP contribution in [0.15, 0.2) is 29.3 Å². The van der Waals surface area contributed by atoms with Gasteiger partial charge in [0.2, 0.25) is 11.8 Å². The van der Waals surface area contributed by atoms with Gasteiger partial charge in [-0.05, 0) is 25.0 Å². The van der Waals surface area contributed by atoms with Crippen molar-refractivity contribution in [3.63, 3.8) is 0 Å². The number of nitrogens with zero attached hydrogens (tertiary/aromatic N) is 5. The van der Waals surface area contributed by atoms with Crippen LogP contribution in [-0.4, -0.2) is 60.8 Å². The lowest BCUT2D eigenvalue weighted by atomic mass is 10.1. The van der Waals surface area contributed by atoms with E-state index in [1.807, 2.05) is 0 Å². The number of anilines is 2. The first-order chi connectivity index (χ1) is 13.6. The second-order valence-corrected chi connectivity index (χ2v) is 6.44. The first-order valence-corrected chi connectivity index (χ1v) is 8.78. The second-order valence-electron chi connectivity index (χ2n) is 6.44. The molecule has 28 heavy (non-hydrogen) atoms. The molecule has 1 atom stereocenters. The molecule has 0 radical (unpaired) electrons. The van der Waals surface area contributed by atoms with Gasteiger partial charge in [0.25, 0.3) is 0 Å². The number of fused-ring (bicyclic) bond motifs is 1. The minimum Gasteiger partial charge on any atom is -0.480 e. The lowest BCUT2D eigenvalue weighted by molar-refractivity contribution is 0.121. The number of ether oxygens (including phenoxy) is 1. The minimum absolute atomic E-state index is 0.241. The third-order valence-corrected chi connectivity index (χ3v) is 4.70. The molecule has 0 aromatic carbocycles. The summed E-state index contributed by atoms with van der Waals surface area (Å²) in [7, 11) is 1.51. The quantitative estimate of drug-likeness (QED) is 0.615. The maximum absolute atomic E-state index is 12.5. The van der Waals surface area contributed by atoms with Crippen LogP contribution >= 0.6 is 0 Å². The molecule has 0 bridgehead atoms. The Bertz CT molecular complexity index is 1080. The maximum atomic E-state index is 12.5. The molecule has 4 heterocycles. The van der Waals surface area contributed by atoms with E-state index in [9.17, 15) is 14.7 Å². The van der Waals surface area contributed by atoms with E-state index in [0.29, 0.717) is 42.1 Å². The molecule has 3 aromatic rings. The van der Waals surface area contributed by atoms with Crippen LogP contribution < -0.4 is 15.7 Å². The molecule has 1 unspecified atom stereocenters. The topological polar surface area (TPSA) is 138 Å². The number of likely N-dealkylation sites (tertiary alicyclic amines) is 1. The van der Waals surface area contributed by atoms with Gasteiger partial charge in [-0.15, -0.1) is 0 Å². The predicted octanol–water partition coefficient (Wildman–Crippen LogP) is 1.58. The standard InChI is InChI=1S/C17H19N7O4/c1-28-14-11(5-2-6-18-14)20-15-19-8-12-13(22-15)24(16(25)21-12)10-4-3-7-23(9-10)17(26)27/h2,5-6,8,10H,3-4,7,9H2,1H3,(H,21,25)(H,26,27)(H,19,20,22). The third kappa shape index (κ3) is 3.21. The van der Waals surface area contributed by atoms with E-state index >= 15 is 0 Å². The molecular weight excluding hydrogens is 366 g/mol. The number of imidazole rings is 1. The molecule has 0 saturated carbocycles. The average Bonchev–Trinajstić information content (AvgIpc) is 3.03. The number of rotatable bonds is 4. The molecule has 11 heteroatoms. The van der Waals surface area contributed by atoms with E-state index in [0.717, 1.165) is 0 Å². The van der Waals surface area contributed by atoms with E-state index in [4.69, 9.17) is 4.74 Å². The molecule has 1 amide bonds. The number of aromatic amines is 1. The van der Waals surface area contributed by atoms with Crippen LogP contribution in [0.1, 0.15) is 18.9 Å². The molecule has 3 aromatic heterocycles. The first-order valence-electron chi connectivity index (χ1n) is 8.78. The number of hydrogen-bond donors (Lipinski definition) is 3. The molecule has 1 aliphatic heterocycles. The number of amides is 1. The van der Waals surface area contributed by atoms with E-state index < -0.39 is 6.09 Å². The van der Waals surface area contributed by atoms with Gasteiger partial charge in [-0.25, -0.2) is 19.6 Å². The molecule has 4 rings (SSSR count). The summed E-state index contributed by atoms with van der Waals surface area (Å²) in [6.45, 7) is 0.705. The van der Waals surface area contributed by atoms with Gasteiger partial charge in [0.1, 0.15) is 11.2 Å². The van der Waals surface area contributed by atoms with Crippen LogP contribution in [0.3, 0.4) is 0 Å². The van der Waals surface area contributed by atoms with Crippen molar-refractivity contribution in [1.82, 2.24) is 29.4 Å².